The molecule has 0 bridgehead atoms. The molecule has 6 nitrogen and oxygen atoms in total. The minimum absolute atomic E-state index is 0.141. The molecule has 156 valence electrons. The van der Waals surface area contributed by atoms with Crippen LogP contribution in [0.25, 0.3) is 0 Å². The molecule has 31 heavy (non-hydrogen) atoms. The van der Waals surface area contributed by atoms with Gasteiger partial charge in [0, 0.05) is 21.3 Å². The van der Waals surface area contributed by atoms with Gasteiger partial charge in [0.1, 0.15) is 4.90 Å². The van der Waals surface area contributed by atoms with Gasteiger partial charge in [-0.05, 0) is 66.9 Å². The second kappa shape index (κ2) is 7.32. The second-order valence-electron chi connectivity index (χ2n) is 7.66. The maximum absolute atomic E-state index is 12.8. The first-order valence-electron chi connectivity index (χ1n) is 9.76. The summed E-state index contributed by atoms with van der Waals surface area (Å²) in [5.41, 5.74) is 2.52. The number of halogens is 1. The van der Waals surface area contributed by atoms with Gasteiger partial charge in [0.05, 0.1) is 5.54 Å². The summed E-state index contributed by atoms with van der Waals surface area (Å²) in [7, 11) is -3.68. The molecule has 2 N–H and O–H groups in total. The largest absolute Gasteiger partial charge is 0.343 e. The summed E-state index contributed by atoms with van der Waals surface area (Å²) >= 11 is 3.44. The third kappa shape index (κ3) is 3.77. The summed E-state index contributed by atoms with van der Waals surface area (Å²) in [4.78, 5) is 13.0. The van der Waals surface area contributed by atoms with Crippen LogP contribution in [0.3, 0.4) is 0 Å². The van der Waals surface area contributed by atoms with Crippen LogP contribution in [0.2, 0.25) is 0 Å². The molecule has 1 heterocycles. The number of benzene rings is 3. The first kappa shape index (κ1) is 20.0. The molecule has 3 aromatic carbocycles. The Kier molecular flexibility index (Phi) is 4.71. The van der Waals surface area contributed by atoms with Crippen LogP contribution in [0.4, 0.5) is 5.69 Å². The highest BCUT2D eigenvalue weighted by Gasteiger charge is 2.45. The van der Waals surface area contributed by atoms with Crippen LogP contribution >= 0.6 is 15.9 Å². The van der Waals surface area contributed by atoms with Crippen molar-refractivity contribution in [1.29, 1.82) is 0 Å². The van der Waals surface area contributed by atoms with Crippen molar-refractivity contribution in [2.24, 2.45) is 4.40 Å². The Morgan fingerprint density at radius 1 is 0.935 bits per heavy atom. The third-order valence-electron chi connectivity index (χ3n) is 5.54. The van der Waals surface area contributed by atoms with E-state index in [1.165, 1.54) is 6.07 Å². The number of carbonyl (C=O) groups excluding carboxylic acids is 1. The highest BCUT2D eigenvalue weighted by atomic mass is 79.9. The van der Waals surface area contributed by atoms with Crippen molar-refractivity contribution < 1.29 is 13.2 Å². The minimum atomic E-state index is -3.68. The summed E-state index contributed by atoms with van der Waals surface area (Å²) in [6.07, 6.45) is 1.82. The van der Waals surface area contributed by atoms with Crippen molar-refractivity contribution >= 4 is 43.4 Å². The van der Waals surface area contributed by atoms with E-state index in [4.69, 9.17) is 0 Å². The fourth-order valence-corrected chi connectivity index (χ4v) is 5.15. The quantitative estimate of drug-likeness (QED) is 0.560. The van der Waals surface area contributed by atoms with Crippen LogP contribution in [0.15, 0.2) is 86.6 Å². The van der Waals surface area contributed by atoms with Crippen LogP contribution in [0.1, 0.15) is 34.3 Å². The number of amidine groups is 1. The van der Waals surface area contributed by atoms with Crippen LogP contribution in [-0.2, 0) is 15.6 Å². The topological polar surface area (TPSA) is 87.6 Å². The highest BCUT2D eigenvalue weighted by molar-refractivity contribution is 9.10. The molecular formula is C23H18BrN3O3S. The summed E-state index contributed by atoms with van der Waals surface area (Å²) < 4.78 is 29.2. The van der Waals surface area contributed by atoms with Gasteiger partial charge in [-0.1, -0.05) is 40.2 Å². The Hall–Kier alpha value is -2.97. The zero-order chi connectivity index (χ0) is 21.6. The number of hydrogen-bond acceptors (Lipinski definition) is 4. The van der Waals surface area contributed by atoms with Crippen molar-refractivity contribution in [2.75, 3.05) is 5.32 Å². The lowest BCUT2D eigenvalue weighted by atomic mass is 10.0. The summed E-state index contributed by atoms with van der Waals surface area (Å²) in [6, 6.07) is 21.6. The molecule has 0 radical (unpaired) electrons. The number of rotatable bonds is 4. The molecule has 0 atom stereocenters. The van der Waals surface area contributed by atoms with Crippen molar-refractivity contribution in [1.82, 2.24) is 5.32 Å². The molecule has 0 unspecified atom stereocenters. The Balaban J connectivity index is 1.31. The lowest BCUT2D eigenvalue weighted by Gasteiger charge is -2.18. The minimum Gasteiger partial charge on any atom is -0.343 e. The number of carbonyl (C=O) groups is 1. The molecular weight excluding hydrogens is 478 g/mol. The SMILES string of the molecule is O=C(NC1(c2ccc(Br)cc2)CC1)c1ccc(NC2=NS(=O)(=O)c3ccccc32)cc1. The zero-order valence-corrected chi connectivity index (χ0v) is 18.7. The molecule has 3 aromatic rings. The van der Waals surface area contributed by atoms with Crippen LogP contribution < -0.4 is 10.6 Å². The zero-order valence-electron chi connectivity index (χ0n) is 16.3. The van der Waals surface area contributed by atoms with Gasteiger partial charge in [0.2, 0.25) is 0 Å². The van der Waals surface area contributed by atoms with Gasteiger partial charge < -0.3 is 10.6 Å². The average molecular weight is 496 g/mol. The van der Waals surface area contributed by atoms with E-state index in [1.54, 1.807) is 42.5 Å². The van der Waals surface area contributed by atoms with Crippen molar-refractivity contribution in [2.45, 2.75) is 23.3 Å². The molecule has 2 aliphatic rings. The molecule has 5 rings (SSSR count). The number of amides is 1. The number of sulfonamides is 1. The smallest absolute Gasteiger partial charge is 0.285 e. The van der Waals surface area contributed by atoms with Gasteiger partial charge in [-0.25, -0.2) is 0 Å². The summed E-state index contributed by atoms with van der Waals surface area (Å²) in [5, 5.41) is 6.20. The van der Waals surface area contributed by atoms with E-state index in [1.807, 2.05) is 24.3 Å². The van der Waals surface area contributed by atoms with Gasteiger partial charge >= 0.3 is 0 Å². The predicted molar refractivity (Wildman–Crippen MR) is 123 cm³/mol. The van der Waals surface area contributed by atoms with Crippen molar-refractivity contribution in [3.05, 3.63) is 94.0 Å². The van der Waals surface area contributed by atoms with E-state index < -0.39 is 10.0 Å². The predicted octanol–water partition coefficient (Wildman–Crippen LogP) is 4.43. The molecule has 1 saturated carbocycles. The second-order valence-corrected chi connectivity index (χ2v) is 10.1. The normalized spacial score (nSPS) is 17.4. The Bertz CT molecular complexity index is 1310. The Labute approximate surface area is 188 Å². The molecule has 0 spiro atoms. The summed E-state index contributed by atoms with van der Waals surface area (Å²) in [6.45, 7) is 0. The highest BCUT2D eigenvalue weighted by Crippen LogP contribution is 2.45. The van der Waals surface area contributed by atoms with E-state index >= 15 is 0 Å². The molecule has 0 saturated heterocycles. The Morgan fingerprint density at radius 2 is 1.61 bits per heavy atom. The molecule has 0 aromatic heterocycles. The molecule has 1 fully saturated rings. The van der Waals surface area contributed by atoms with E-state index in [9.17, 15) is 13.2 Å². The fourth-order valence-electron chi connectivity index (χ4n) is 3.71. The van der Waals surface area contributed by atoms with Gasteiger partial charge in [-0.3, -0.25) is 4.79 Å². The molecule has 1 amide bonds. The van der Waals surface area contributed by atoms with Crippen LogP contribution in [0.5, 0.6) is 0 Å². The van der Waals surface area contributed by atoms with E-state index in [-0.39, 0.29) is 22.2 Å². The van der Waals surface area contributed by atoms with Crippen LogP contribution in [-0.4, -0.2) is 20.2 Å². The molecule has 8 heteroatoms. The van der Waals surface area contributed by atoms with Gasteiger partial charge in [-0.15, -0.1) is 4.40 Å². The number of nitrogens with zero attached hydrogens (tertiary/aromatic N) is 1. The fraction of sp³-hybridized carbons (Fsp3) is 0.130. The van der Waals surface area contributed by atoms with Gasteiger partial charge in [0.25, 0.3) is 15.9 Å². The van der Waals surface area contributed by atoms with E-state index in [0.717, 1.165) is 22.9 Å². The standard InChI is InChI=1S/C23H18BrN3O3S/c24-17-9-7-16(8-10-17)23(13-14-23)26-22(28)15-5-11-18(12-6-15)25-21-19-3-1-2-4-20(19)31(29,30)27-21/h1-12H,13-14H2,(H,25,27)(H,26,28). The summed E-state index contributed by atoms with van der Waals surface area (Å²) in [5.74, 6) is 0.137. The van der Waals surface area contributed by atoms with Crippen LogP contribution in [0, 0.1) is 0 Å². The third-order valence-corrected chi connectivity index (χ3v) is 7.40. The monoisotopic (exact) mass is 495 g/mol. The molecule has 1 aliphatic heterocycles. The first-order valence-corrected chi connectivity index (χ1v) is 12.0. The van der Waals surface area contributed by atoms with Crippen molar-refractivity contribution in [3.8, 4) is 0 Å². The molecule has 1 aliphatic carbocycles. The van der Waals surface area contributed by atoms with E-state index in [2.05, 4.69) is 31.0 Å². The number of fused-ring (bicyclic) bond motifs is 1. The number of nitrogens with one attached hydrogen (secondary N) is 2. The lowest BCUT2D eigenvalue weighted by Crippen LogP contribution is -2.34. The maximum Gasteiger partial charge on any atom is 0.285 e. The first-order chi connectivity index (χ1) is 14.9. The Morgan fingerprint density at radius 3 is 2.29 bits per heavy atom. The maximum atomic E-state index is 12.8. The van der Waals surface area contributed by atoms with E-state index in [0.29, 0.717) is 16.8 Å². The number of hydrogen-bond donors (Lipinski definition) is 2. The lowest BCUT2D eigenvalue weighted by molar-refractivity contribution is 0.0931. The van der Waals surface area contributed by atoms with Gasteiger partial charge in [0.15, 0.2) is 5.84 Å². The average Bonchev–Trinajstić information content (AvgIpc) is 3.49. The number of anilines is 1. The van der Waals surface area contributed by atoms with Gasteiger partial charge in [-0.2, -0.15) is 8.42 Å². The van der Waals surface area contributed by atoms with Crippen molar-refractivity contribution in [3.63, 3.8) is 0 Å².